The van der Waals surface area contributed by atoms with Crippen molar-refractivity contribution in [2.75, 3.05) is 0 Å². The van der Waals surface area contributed by atoms with E-state index in [4.69, 9.17) is 28.3 Å². The van der Waals surface area contributed by atoms with Gasteiger partial charge in [-0.1, -0.05) is 29.3 Å². The van der Waals surface area contributed by atoms with Crippen molar-refractivity contribution >= 4 is 34.6 Å². The smallest absolute Gasteiger partial charge is 0.193 e. The summed E-state index contributed by atoms with van der Waals surface area (Å²) in [6, 6.07) is 4.83. The highest BCUT2D eigenvalue weighted by Crippen LogP contribution is 2.27. The predicted octanol–water partition coefficient (Wildman–Crippen LogP) is 1.97. The van der Waals surface area contributed by atoms with Crippen LogP contribution in [0.4, 0.5) is 0 Å². The quantitative estimate of drug-likeness (QED) is 0.720. The lowest BCUT2D eigenvalue weighted by atomic mass is 10.4. The normalized spacial score (nSPS) is 13.1. The maximum Gasteiger partial charge on any atom is 0.193 e. The van der Waals surface area contributed by atoms with Gasteiger partial charge in [0, 0.05) is 0 Å². The van der Waals surface area contributed by atoms with Crippen LogP contribution in [0.25, 0.3) is 0 Å². The molecule has 0 aliphatic rings. The van der Waals surface area contributed by atoms with Crippen molar-refractivity contribution in [2.24, 2.45) is 5.14 Å². The Morgan fingerprint density at radius 1 is 1.36 bits per heavy atom. The minimum Gasteiger partial charge on any atom is -0.593 e. The summed E-state index contributed by atoms with van der Waals surface area (Å²) >= 11 is 9.75. The second kappa shape index (κ2) is 3.65. The topological polar surface area (TPSA) is 49.1 Å². The first-order valence-electron chi connectivity index (χ1n) is 2.73. The van der Waals surface area contributed by atoms with Gasteiger partial charge in [-0.2, -0.15) is 0 Å². The van der Waals surface area contributed by atoms with Crippen molar-refractivity contribution in [3.63, 3.8) is 0 Å². The molecule has 0 saturated carbocycles. The van der Waals surface area contributed by atoms with Crippen molar-refractivity contribution < 1.29 is 4.55 Å². The summed E-state index contributed by atoms with van der Waals surface area (Å²) in [5, 5.41) is 5.74. The van der Waals surface area contributed by atoms with Gasteiger partial charge in [0.25, 0.3) is 0 Å². The zero-order valence-electron chi connectivity index (χ0n) is 5.38. The Hall–Kier alpha value is 0.0700. The Labute approximate surface area is 77.6 Å². The zero-order chi connectivity index (χ0) is 8.43. The molecule has 0 spiro atoms. The molecule has 0 aromatic heterocycles. The van der Waals surface area contributed by atoms with Gasteiger partial charge in [0.1, 0.15) is 5.02 Å². The van der Waals surface area contributed by atoms with Crippen LogP contribution in [0.1, 0.15) is 0 Å². The van der Waals surface area contributed by atoms with Gasteiger partial charge in [-0.3, -0.25) is 0 Å². The third-order valence-electron chi connectivity index (χ3n) is 1.13. The zero-order valence-corrected chi connectivity index (χ0v) is 7.71. The average molecular weight is 210 g/mol. The summed E-state index contributed by atoms with van der Waals surface area (Å²) in [5.41, 5.74) is 0. The van der Waals surface area contributed by atoms with Gasteiger partial charge < -0.3 is 4.55 Å². The van der Waals surface area contributed by atoms with E-state index in [2.05, 4.69) is 0 Å². The number of nitrogens with two attached hydrogens (primary N) is 1. The number of hydrogen-bond acceptors (Lipinski definition) is 2. The fourth-order valence-corrected chi connectivity index (χ4v) is 1.72. The van der Waals surface area contributed by atoms with Crippen molar-refractivity contribution in [2.45, 2.75) is 4.90 Å². The van der Waals surface area contributed by atoms with Crippen LogP contribution in [-0.2, 0) is 11.4 Å². The van der Waals surface area contributed by atoms with Gasteiger partial charge >= 0.3 is 0 Å². The molecular formula is C6H5Cl2NOS. The fourth-order valence-electron chi connectivity index (χ4n) is 0.639. The lowest BCUT2D eigenvalue weighted by Gasteiger charge is -2.04. The maximum atomic E-state index is 10.8. The van der Waals surface area contributed by atoms with E-state index in [1.54, 1.807) is 18.2 Å². The number of halogens is 2. The van der Waals surface area contributed by atoms with Crippen LogP contribution < -0.4 is 5.14 Å². The van der Waals surface area contributed by atoms with Crippen molar-refractivity contribution in [1.82, 2.24) is 0 Å². The minimum absolute atomic E-state index is 0.259. The van der Waals surface area contributed by atoms with E-state index in [1.807, 2.05) is 0 Å². The van der Waals surface area contributed by atoms with E-state index in [-0.39, 0.29) is 5.02 Å². The van der Waals surface area contributed by atoms with Gasteiger partial charge in [-0.15, -0.1) is 5.14 Å². The first-order valence-corrected chi connectivity index (χ1v) is 4.70. The molecule has 0 amide bonds. The highest BCUT2D eigenvalue weighted by atomic mass is 35.5. The first-order chi connectivity index (χ1) is 5.13. The first kappa shape index (κ1) is 9.16. The van der Waals surface area contributed by atoms with Crippen LogP contribution in [0.5, 0.6) is 0 Å². The standard InChI is InChI=1S/C6H5Cl2NOS/c7-4-2-1-3-5(6(4)8)11(9)10/h1-3H,9H2. The molecule has 0 radical (unpaired) electrons. The van der Waals surface area contributed by atoms with E-state index in [9.17, 15) is 4.55 Å². The molecule has 1 atom stereocenters. The van der Waals surface area contributed by atoms with Gasteiger partial charge in [0.05, 0.1) is 16.4 Å². The lowest BCUT2D eigenvalue weighted by Crippen LogP contribution is -2.12. The summed E-state index contributed by atoms with van der Waals surface area (Å²) in [6.45, 7) is 0. The molecule has 0 fully saturated rings. The monoisotopic (exact) mass is 209 g/mol. The van der Waals surface area contributed by atoms with Crippen molar-refractivity contribution in [3.8, 4) is 0 Å². The summed E-state index contributed by atoms with van der Waals surface area (Å²) in [6.07, 6.45) is 0. The molecule has 1 unspecified atom stereocenters. The third kappa shape index (κ3) is 2.01. The van der Waals surface area contributed by atoms with Crippen molar-refractivity contribution in [3.05, 3.63) is 28.2 Å². The predicted molar refractivity (Wildman–Crippen MR) is 47.1 cm³/mol. The van der Waals surface area contributed by atoms with Crippen LogP contribution in [0.3, 0.4) is 0 Å². The largest absolute Gasteiger partial charge is 0.593 e. The van der Waals surface area contributed by atoms with Crippen LogP contribution in [0, 0.1) is 0 Å². The Kier molecular flexibility index (Phi) is 3.04. The summed E-state index contributed by atoms with van der Waals surface area (Å²) in [5.74, 6) is 0. The molecule has 2 nitrogen and oxygen atoms in total. The average Bonchev–Trinajstić information content (AvgIpc) is 1.94. The molecule has 0 aliphatic heterocycles. The molecule has 0 bridgehead atoms. The van der Waals surface area contributed by atoms with E-state index in [0.29, 0.717) is 9.92 Å². The number of benzene rings is 1. The Balaban J connectivity index is 3.17. The molecule has 60 valence electrons. The van der Waals surface area contributed by atoms with Gasteiger partial charge in [0.2, 0.25) is 0 Å². The van der Waals surface area contributed by atoms with Crippen LogP contribution in [0.2, 0.25) is 10.0 Å². The van der Waals surface area contributed by atoms with Crippen LogP contribution in [0.15, 0.2) is 23.1 Å². The Morgan fingerprint density at radius 3 is 2.45 bits per heavy atom. The van der Waals surface area contributed by atoms with E-state index < -0.39 is 11.4 Å². The lowest BCUT2D eigenvalue weighted by molar-refractivity contribution is 0.597. The van der Waals surface area contributed by atoms with Gasteiger partial charge in [-0.05, 0) is 12.1 Å². The highest BCUT2D eigenvalue weighted by Gasteiger charge is 2.12. The molecular weight excluding hydrogens is 205 g/mol. The SMILES string of the molecule is N[S+]([O-])c1cccc(Cl)c1Cl. The molecule has 0 aliphatic carbocycles. The summed E-state index contributed by atoms with van der Waals surface area (Å²) in [4.78, 5) is 0.360. The second-order valence-electron chi connectivity index (χ2n) is 1.85. The Bertz CT molecular complexity index is 267. The third-order valence-corrected chi connectivity index (χ3v) is 2.84. The van der Waals surface area contributed by atoms with E-state index in [0.717, 1.165) is 0 Å². The van der Waals surface area contributed by atoms with Crippen LogP contribution >= 0.6 is 23.2 Å². The molecule has 2 N–H and O–H groups in total. The van der Waals surface area contributed by atoms with E-state index in [1.165, 1.54) is 0 Å². The molecule has 0 saturated heterocycles. The summed E-state index contributed by atoms with van der Waals surface area (Å²) in [7, 11) is 0. The molecule has 1 aromatic carbocycles. The molecule has 5 heteroatoms. The van der Waals surface area contributed by atoms with Crippen molar-refractivity contribution in [1.29, 1.82) is 0 Å². The molecule has 1 rings (SSSR count). The molecule has 11 heavy (non-hydrogen) atoms. The van der Waals surface area contributed by atoms with Crippen LogP contribution in [-0.4, -0.2) is 4.55 Å². The fraction of sp³-hybridized carbons (Fsp3) is 0. The van der Waals surface area contributed by atoms with Gasteiger partial charge in [-0.25, -0.2) is 0 Å². The maximum absolute atomic E-state index is 10.8. The number of rotatable bonds is 1. The van der Waals surface area contributed by atoms with E-state index >= 15 is 0 Å². The van der Waals surface area contributed by atoms with Gasteiger partial charge in [0.15, 0.2) is 4.90 Å². The molecule has 0 heterocycles. The summed E-state index contributed by atoms with van der Waals surface area (Å²) < 4.78 is 10.8. The second-order valence-corrected chi connectivity index (χ2v) is 3.67. The number of hydrogen-bond donors (Lipinski definition) is 1. The highest BCUT2D eigenvalue weighted by molar-refractivity contribution is 7.89. The Morgan fingerprint density at radius 2 is 2.00 bits per heavy atom. The molecule has 1 aromatic rings. The minimum atomic E-state index is -1.57.